The molecular weight excluding hydrogens is 288 g/mol. The first kappa shape index (κ1) is 10.3. The van der Waals surface area contributed by atoms with Gasteiger partial charge >= 0.3 is 0 Å². The van der Waals surface area contributed by atoms with E-state index in [-0.39, 0.29) is 12.4 Å². The molecule has 2 rings (SSSR count). The molecule has 1 aliphatic rings. The second kappa shape index (κ2) is 4.43. The normalized spacial score (nSPS) is 22.2. The number of H-pyrrole nitrogens is 1. The SMILES string of the molecule is Cl.Ic1cnc([C@@H]2CCCN2)[nH]1. The van der Waals surface area contributed by atoms with Crippen molar-refractivity contribution in [2.24, 2.45) is 0 Å². The summed E-state index contributed by atoms with van der Waals surface area (Å²) in [5.74, 6) is 1.09. The highest BCUT2D eigenvalue weighted by molar-refractivity contribution is 14.1. The van der Waals surface area contributed by atoms with Gasteiger partial charge in [0.25, 0.3) is 0 Å². The van der Waals surface area contributed by atoms with Crippen molar-refractivity contribution >= 4 is 35.0 Å². The fourth-order valence-electron chi connectivity index (χ4n) is 1.41. The third-order valence-electron chi connectivity index (χ3n) is 1.95. The molecular formula is C7H11ClIN3. The molecule has 0 bridgehead atoms. The van der Waals surface area contributed by atoms with Crippen molar-refractivity contribution < 1.29 is 0 Å². The molecule has 2 N–H and O–H groups in total. The molecule has 1 aromatic heterocycles. The lowest BCUT2D eigenvalue weighted by Crippen LogP contribution is -2.14. The quantitative estimate of drug-likeness (QED) is 0.777. The molecule has 68 valence electrons. The molecule has 0 saturated carbocycles. The number of rotatable bonds is 1. The molecule has 1 aromatic rings. The molecule has 12 heavy (non-hydrogen) atoms. The van der Waals surface area contributed by atoms with Gasteiger partial charge in [-0.15, -0.1) is 12.4 Å². The van der Waals surface area contributed by atoms with E-state index in [1.807, 2.05) is 6.20 Å². The molecule has 3 nitrogen and oxygen atoms in total. The minimum absolute atomic E-state index is 0. The van der Waals surface area contributed by atoms with Crippen LogP contribution in [0, 0.1) is 3.70 Å². The zero-order valence-electron chi connectivity index (χ0n) is 6.51. The first-order chi connectivity index (χ1) is 5.36. The van der Waals surface area contributed by atoms with Gasteiger partial charge in [-0.25, -0.2) is 4.98 Å². The van der Waals surface area contributed by atoms with Crippen LogP contribution in [0.3, 0.4) is 0 Å². The Labute approximate surface area is 91.3 Å². The van der Waals surface area contributed by atoms with Crippen molar-refractivity contribution in [2.45, 2.75) is 18.9 Å². The van der Waals surface area contributed by atoms with Gasteiger partial charge in [0.1, 0.15) is 5.82 Å². The summed E-state index contributed by atoms with van der Waals surface area (Å²) in [6, 6.07) is 0.471. The van der Waals surface area contributed by atoms with Crippen LogP contribution in [0.2, 0.25) is 0 Å². The zero-order chi connectivity index (χ0) is 7.68. The van der Waals surface area contributed by atoms with Gasteiger partial charge in [0.15, 0.2) is 0 Å². The summed E-state index contributed by atoms with van der Waals surface area (Å²) in [5, 5.41) is 3.39. The first-order valence-electron chi connectivity index (χ1n) is 3.80. The van der Waals surface area contributed by atoms with Crippen LogP contribution in [0.1, 0.15) is 24.7 Å². The van der Waals surface area contributed by atoms with E-state index in [1.165, 1.54) is 12.8 Å². The standard InChI is InChI=1S/C7H10IN3.ClH/c8-6-4-10-7(11-6)5-2-1-3-9-5;/h4-5,9H,1-3H2,(H,10,11);1H/t5-;/m0./s1. The molecule has 0 spiro atoms. The number of aromatic nitrogens is 2. The molecule has 0 aromatic carbocycles. The summed E-state index contributed by atoms with van der Waals surface area (Å²) in [6.45, 7) is 1.13. The van der Waals surface area contributed by atoms with Gasteiger partial charge in [-0.2, -0.15) is 0 Å². The van der Waals surface area contributed by atoms with Gasteiger partial charge in [0, 0.05) is 0 Å². The average Bonchev–Trinajstić information content (AvgIpc) is 2.55. The highest BCUT2D eigenvalue weighted by Gasteiger charge is 2.18. The van der Waals surface area contributed by atoms with E-state index in [0.717, 1.165) is 16.1 Å². The number of nitrogens with zero attached hydrogens (tertiary/aromatic N) is 1. The van der Waals surface area contributed by atoms with E-state index in [4.69, 9.17) is 0 Å². The number of aromatic amines is 1. The topological polar surface area (TPSA) is 40.7 Å². The van der Waals surface area contributed by atoms with Gasteiger partial charge < -0.3 is 10.3 Å². The van der Waals surface area contributed by atoms with E-state index < -0.39 is 0 Å². The number of halogens is 2. The molecule has 0 amide bonds. The van der Waals surface area contributed by atoms with Gasteiger partial charge in [0.2, 0.25) is 0 Å². The predicted molar refractivity (Wildman–Crippen MR) is 58.5 cm³/mol. The number of hydrogen-bond acceptors (Lipinski definition) is 2. The molecule has 5 heteroatoms. The molecule has 1 atom stereocenters. The van der Waals surface area contributed by atoms with E-state index in [2.05, 4.69) is 37.9 Å². The van der Waals surface area contributed by atoms with E-state index in [9.17, 15) is 0 Å². The minimum Gasteiger partial charge on any atom is -0.336 e. The summed E-state index contributed by atoms with van der Waals surface area (Å²) >= 11 is 2.24. The smallest absolute Gasteiger partial charge is 0.124 e. The Bertz CT molecular complexity index is 245. The summed E-state index contributed by atoms with van der Waals surface area (Å²) in [7, 11) is 0. The van der Waals surface area contributed by atoms with Crippen molar-refractivity contribution in [3.63, 3.8) is 0 Å². The van der Waals surface area contributed by atoms with Gasteiger partial charge in [-0.05, 0) is 42.0 Å². The Balaban J connectivity index is 0.000000720. The summed E-state index contributed by atoms with van der Waals surface area (Å²) in [5.41, 5.74) is 0. The van der Waals surface area contributed by atoms with Crippen molar-refractivity contribution in [1.29, 1.82) is 0 Å². The second-order valence-corrected chi connectivity index (χ2v) is 3.93. The minimum atomic E-state index is 0. The molecule has 1 saturated heterocycles. The highest BCUT2D eigenvalue weighted by atomic mass is 127. The molecule has 0 unspecified atom stereocenters. The summed E-state index contributed by atoms with van der Waals surface area (Å²) < 4.78 is 1.12. The van der Waals surface area contributed by atoms with E-state index in [0.29, 0.717) is 6.04 Å². The molecule has 0 aliphatic carbocycles. The lowest BCUT2D eigenvalue weighted by molar-refractivity contribution is 0.612. The second-order valence-electron chi connectivity index (χ2n) is 2.77. The maximum atomic E-state index is 4.27. The van der Waals surface area contributed by atoms with Crippen LogP contribution >= 0.6 is 35.0 Å². The summed E-state index contributed by atoms with van der Waals surface area (Å²) in [6.07, 6.45) is 4.35. The van der Waals surface area contributed by atoms with E-state index >= 15 is 0 Å². The highest BCUT2D eigenvalue weighted by Crippen LogP contribution is 2.20. The van der Waals surface area contributed by atoms with Crippen LogP contribution in [-0.2, 0) is 0 Å². The Kier molecular flexibility index (Phi) is 3.79. The summed E-state index contributed by atoms with van der Waals surface area (Å²) in [4.78, 5) is 7.50. The fraction of sp³-hybridized carbons (Fsp3) is 0.571. The molecule has 1 aliphatic heterocycles. The fourth-order valence-corrected chi connectivity index (χ4v) is 1.82. The van der Waals surface area contributed by atoms with Crippen molar-refractivity contribution in [3.05, 3.63) is 15.7 Å². The third kappa shape index (κ3) is 2.11. The van der Waals surface area contributed by atoms with Crippen LogP contribution in [-0.4, -0.2) is 16.5 Å². The lowest BCUT2D eigenvalue weighted by Gasteiger charge is -2.04. The number of hydrogen-bond donors (Lipinski definition) is 2. The predicted octanol–water partition coefficient (Wildman–Crippen LogP) is 1.86. The Hall–Kier alpha value is 0.190. The molecule has 1 fully saturated rings. The maximum absolute atomic E-state index is 4.27. The Morgan fingerprint density at radius 3 is 2.92 bits per heavy atom. The number of imidazole rings is 1. The van der Waals surface area contributed by atoms with Gasteiger partial charge in [0.05, 0.1) is 15.9 Å². The molecule has 0 radical (unpaired) electrons. The zero-order valence-corrected chi connectivity index (χ0v) is 9.48. The van der Waals surface area contributed by atoms with Crippen molar-refractivity contribution in [1.82, 2.24) is 15.3 Å². The van der Waals surface area contributed by atoms with Crippen LogP contribution in [0.4, 0.5) is 0 Å². The monoisotopic (exact) mass is 299 g/mol. The Morgan fingerprint density at radius 1 is 1.58 bits per heavy atom. The van der Waals surface area contributed by atoms with Crippen molar-refractivity contribution in [3.8, 4) is 0 Å². The van der Waals surface area contributed by atoms with Crippen LogP contribution in [0.15, 0.2) is 6.20 Å². The van der Waals surface area contributed by atoms with Crippen LogP contribution in [0.5, 0.6) is 0 Å². The first-order valence-corrected chi connectivity index (χ1v) is 4.88. The largest absolute Gasteiger partial charge is 0.336 e. The van der Waals surface area contributed by atoms with Gasteiger partial charge in [-0.1, -0.05) is 0 Å². The Morgan fingerprint density at radius 2 is 2.42 bits per heavy atom. The third-order valence-corrected chi connectivity index (χ3v) is 2.50. The number of nitrogens with one attached hydrogen (secondary N) is 2. The van der Waals surface area contributed by atoms with Crippen molar-refractivity contribution in [2.75, 3.05) is 6.54 Å². The average molecular weight is 300 g/mol. The van der Waals surface area contributed by atoms with Gasteiger partial charge in [-0.3, -0.25) is 0 Å². The lowest BCUT2D eigenvalue weighted by atomic mass is 10.2. The van der Waals surface area contributed by atoms with Crippen LogP contribution in [0.25, 0.3) is 0 Å². The van der Waals surface area contributed by atoms with E-state index in [1.54, 1.807) is 0 Å². The molecule has 2 heterocycles. The maximum Gasteiger partial charge on any atom is 0.124 e. The van der Waals surface area contributed by atoms with Crippen LogP contribution < -0.4 is 5.32 Å².